The number of aromatic nitrogens is 1. The Kier molecular flexibility index (Phi) is 6.14. The van der Waals surface area contributed by atoms with E-state index in [9.17, 15) is 0 Å². The highest BCUT2D eigenvalue weighted by Gasteiger charge is 2.10. The van der Waals surface area contributed by atoms with Crippen molar-refractivity contribution in [2.24, 2.45) is 11.8 Å². The number of thiazole rings is 1. The molecule has 1 N–H and O–H groups in total. The highest BCUT2D eigenvalue weighted by Crippen LogP contribution is 2.21. The Hall–Kier alpha value is -0.410. The number of nitrogens with zero attached hydrogens (tertiary/aromatic N) is 1. The molecule has 17 heavy (non-hydrogen) atoms. The van der Waals surface area contributed by atoms with Crippen LogP contribution >= 0.6 is 11.3 Å². The fourth-order valence-corrected chi connectivity index (χ4v) is 3.10. The fourth-order valence-electron chi connectivity index (χ4n) is 1.76. The highest BCUT2D eigenvalue weighted by atomic mass is 32.1. The van der Waals surface area contributed by atoms with Crippen LogP contribution < -0.4 is 5.32 Å². The van der Waals surface area contributed by atoms with Gasteiger partial charge in [-0.3, -0.25) is 0 Å². The number of hydrogen-bond acceptors (Lipinski definition) is 3. The average Bonchev–Trinajstić information content (AvgIpc) is 2.58. The molecule has 98 valence electrons. The molecule has 0 aliphatic heterocycles. The first-order valence-electron chi connectivity index (χ1n) is 6.71. The molecule has 0 aliphatic carbocycles. The van der Waals surface area contributed by atoms with Crippen molar-refractivity contribution < 1.29 is 0 Å². The Bertz CT molecular complexity index is 329. The van der Waals surface area contributed by atoms with Gasteiger partial charge in [0.15, 0.2) is 0 Å². The third-order valence-corrected chi connectivity index (χ3v) is 3.70. The maximum absolute atomic E-state index is 4.75. The van der Waals surface area contributed by atoms with Gasteiger partial charge in [0.05, 0.1) is 10.7 Å². The van der Waals surface area contributed by atoms with Crippen LogP contribution in [0.5, 0.6) is 0 Å². The van der Waals surface area contributed by atoms with Gasteiger partial charge < -0.3 is 5.32 Å². The zero-order valence-electron chi connectivity index (χ0n) is 11.8. The van der Waals surface area contributed by atoms with Crippen molar-refractivity contribution in [3.63, 3.8) is 0 Å². The summed E-state index contributed by atoms with van der Waals surface area (Å²) in [4.78, 5) is 6.18. The summed E-state index contributed by atoms with van der Waals surface area (Å²) in [5.74, 6) is 1.41. The maximum atomic E-state index is 4.75. The summed E-state index contributed by atoms with van der Waals surface area (Å²) < 4.78 is 0. The summed E-state index contributed by atoms with van der Waals surface area (Å²) in [6.45, 7) is 13.3. The molecule has 1 heterocycles. The summed E-state index contributed by atoms with van der Waals surface area (Å²) in [6, 6.07) is 0. The van der Waals surface area contributed by atoms with E-state index in [0.29, 0.717) is 11.8 Å². The number of rotatable bonds is 7. The minimum absolute atomic E-state index is 0.697. The largest absolute Gasteiger partial charge is 0.312 e. The molecule has 0 aromatic carbocycles. The minimum Gasteiger partial charge on any atom is -0.312 e. The second-order valence-corrected chi connectivity index (χ2v) is 6.62. The summed E-state index contributed by atoms with van der Waals surface area (Å²) in [5, 5.41) is 4.82. The molecule has 0 atom stereocenters. The Morgan fingerprint density at radius 2 is 1.88 bits per heavy atom. The quantitative estimate of drug-likeness (QED) is 0.803. The molecule has 0 bridgehead atoms. The summed E-state index contributed by atoms with van der Waals surface area (Å²) in [5.41, 5.74) is 1.29. The normalized spacial score (nSPS) is 11.7. The van der Waals surface area contributed by atoms with Crippen LogP contribution in [-0.2, 0) is 19.4 Å². The smallest absolute Gasteiger partial charge is 0.0934 e. The molecule has 1 rings (SSSR count). The maximum Gasteiger partial charge on any atom is 0.0934 e. The molecule has 0 aliphatic rings. The molecule has 0 unspecified atom stereocenters. The highest BCUT2D eigenvalue weighted by molar-refractivity contribution is 7.11. The van der Waals surface area contributed by atoms with Crippen LogP contribution in [0.15, 0.2) is 0 Å². The molecule has 0 saturated heterocycles. The van der Waals surface area contributed by atoms with Crippen molar-refractivity contribution in [2.45, 2.75) is 54.0 Å². The molecule has 0 amide bonds. The van der Waals surface area contributed by atoms with Crippen LogP contribution in [0.2, 0.25) is 0 Å². The first-order valence-corrected chi connectivity index (χ1v) is 7.52. The van der Waals surface area contributed by atoms with Crippen molar-refractivity contribution in [2.75, 3.05) is 6.54 Å². The fraction of sp³-hybridized carbons (Fsp3) is 0.786. The minimum atomic E-state index is 0.697. The van der Waals surface area contributed by atoms with Crippen molar-refractivity contribution >= 4 is 11.3 Å². The van der Waals surface area contributed by atoms with Gasteiger partial charge in [0.25, 0.3) is 0 Å². The van der Waals surface area contributed by atoms with Crippen molar-refractivity contribution in [1.29, 1.82) is 0 Å². The van der Waals surface area contributed by atoms with E-state index in [1.165, 1.54) is 15.6 Å². The van der Waals surface area contributed by atoms with Gasteiger partial charge in [0.1, 0.15) is 0 Å². The summed E-state index contributed by atoms with van der Waals surface area (Å²) >= 11 is 1.89. The van der Waals surface area contributed by atoms with Gasteiger partial charge in [-0.2, -0.15) is 0 Å². The van der Waals surface area contributed by atoms with E-state index in [1.54, 1.807) is 0 Å². The average molecular weight is 254 g/mol. The van der Waals surface area contributed by atoms with E-state index in [4.69, 9.17) is 4.98 Å². The lowest BCUT2D eigenvalue weighted by molar-refractivity contribution is 0.553. The monoisotopic (exact) mass is 254 g/mol. The second kappa shape index (κ2) is 7.12. The second-order valence-electron chi connectivity index (χ2n) is 5.45. The van der Waals surface area contributed by atoms with Crippen LogP contribution in [-0.4, -0.2) is 11.5 Å². The molecular formula is C14H26N2S. The predicted molar refractivity (Wildman–Crippen MR) is 76.6 cm³/mol. The van der Waals surface area contributed by atoms with Gasteiger partial charge in [-0.1, -0.05) is 34.6 Å². The molecule has 1 aromatic heterocycles. The van der Waals surface area contributed by atoms with Gasteiger partial charge in [-0.25, -0.2) is 4.98 Å². The topological polar surface area (TPSA) is 24.9 Å². The van der Waals surface area contributed by atoms with Gasteiger partial charge in [-0.15, -0.1) is 11.3 Å². The Labute approximate surface area is 110 Å². The Morgan fingerprint density at radius 3 is 2.41 bits per heavy atom. The van der Waals surface area contributed by atoms with Crippen LogP contribution in [0.1, 0.15) is 50.2 Å². The molecule has 1 aromatic rings. The molecular weight excluding hydrogens is 228 g/mol. The number of hydrogen-bond donors (Lipinski definition) is 1. The molecule has 0 radical (unpaired) electrons. The van der Waals surface area contributed by atoms with E-state index >= 15 is 0 Å². The van der Waals surface area contributed by atoms with E-state index in [2.05, 4.69) is 39.9 Å². The van der Waals surface area contributed by atoms with Crippen LogP contribution in [0.4, 0.5) is 0 Å². The van der Waals surface area contributed by atoms with E-state index in [1.807, 2.05) is 11.3 Å². The molecule has 0 fully saturated rings. The third-order valence-electron chi connectivity index (χ3n) is 2.58. The van der Waals surface area contributed by atoms with E-state index in [-0.39, 0.29) is 0 Å². The van der Waals surface area contributed by atoms with Crippen LogP contribution in [0.25, 0.3) is 0 Å². The standard InChI is InChI=1S/C14H26N2S/c1-6-12-13(9-15-8-11(4)5)17-14(16-12)7-10(2)3/h10-11,15H,6-9H2,1-5H3. The molecule has 3 heteroatoms. The Balaban J connectivity index is 2.60. The van der Waals surface area contributed by atoms with Gasteiger partial charge in [-0.05, 0) is 24.8 Å². The molecule has 2 nitrogen and oxygen atoms in total. The SMILES string of the molecule is CCc1nc(CC(C)C)sc1CNCC(C)C. The lowest BCUT2D eigenvalue weighted by atomic mass is 10.1. The zero-order chi connectivity index (χ0) is 12.8. The predicted octanol–water partition coefficient (Wildman–Crippen LogP) is 3.65. The number of nitrogens with one attached hydrogen (secondary N) is 1. The lowest BCUT2D eigenvalue weighted by Crippen LogP contribution is -2.18. The first kappa shape index (κ1) is 14.7. The van der Waals surface area contributed by atoms with E-state index < -0.39 is 0 Å². The molecule has 0 spiro atoms. The molecule has 0 saturated carbocycles. The van der Waals surface area contributed by atoms with Crippen molar-refractivity contribution in [3.8, 4) is 0 Å². The zero-order valence-corrected chi connectivity index (χ0v) is 12.7. The van der Waals surface area contributed by atoms with Crippen molar-refractivity contribution in [3.05, 3.63) is 15.6 Å². The summed E-state index contributed by atoms with van der Waals surface area (Å²) in [7, 11) is 0. The van der Waals surface area contributed by atoms with Gasteiger partial charge in [0.2, 0.25) is 0 Å². The summed E-state index contributed by atoms with van der Waals surface area (Å²) in [6.07, 6.45) is 2.16. The Morgan fingerprint density at radius 1 is 1.18 bits per heavy atom. The van der Waals surface area contributed by atoms with E-state index in [0.717, 1.165) is 25.9 Å². The third kappa shape index (κ3) is 5.17. The van der Waals surface area contributed by atoms with Crippen LogP contribution in [0.3, 0.4) is 0 Å². The van der Waals surface area contributed by atoms with Gasteiger partial charge >= 0.3 is 0 Å². The number of aryl methyl sites for hydroxylation is 1. The first-order chi connectivity index (χ1) is 8.02. The van der Waals surface area contributed by atoms with Crippen molar-refractivity contribution in [1.82, 2.24) is 10.3 Å². The van der Waals surface area contributed by atoms with Gasteiger partial charge in [0, 0.05) is 17.8 Å². The van der Waals surface area contributed by atoms with Crippen LogP contribution in [0, 0.1) is 11.8 Å². The lowest BCUT2D eigenvalue weighted by Gasteiger charge is -2.06.